The van der Waals surface area contributed by atoms with Gasteiger partial charge in [-0.25, -0.2) is 4.98 Å². The molecule has 0 radical (unpaired) electrons. The lowest BCUT2D eigenvalue weighted by atomic mass is 10.1. The highest BCUT2D eigenvalue weighted by Gasteiger charge is 2.12. The summed E-state index contributed by atoms with van der Waals surface area (Å²) in [5.41, 5.74) is 0.905. The summed E-state index contributed by atoms with van der Waals surface area (Å²) in [5.74, 6) is 0.845. The molecule has 0 saturated heterocycles. The van der Waals surface area contributed by atoms with Crippen molar-refractivity contribution in [3.8, 4) is 5.82 Å². The largest absolute Gasteiger partial charge is 0.283 e. The van der Waals surface area contributed by atoms with E-state index in [0.29, 0.717) is 11.7 Å². The van der Waals surface area contributed by atoms with Crippen molar-refractivity contribution >= 4 is 0 Å². The Morgan fingerprint density at radius 1 is 1.31 bits per heavy atom. The predicted octanol–water partition coefficient (Wildman–Crippen LogP) is 1.09. The number of hydrogen-bond donors (Lipinski definition) is 0. The van der Waals surface area contributed by atoms with Crippen molar-refractivity contribution in [2.45, 2.75) is 19.8 Å². The van der Waals surface area contributed by atoms with Gasteiger partial charge in [0.05, 0.1) is 6.20 Å². The molecule has 0 N–H and O–H groups in total. The Labute approximate surface area is 93.4 Å². The highest BCUT2D eigenvalue weighted by Crippen LogP contribution is 2.12. The molecule has 2 aromatic heterocycles. The van der Waals surface area contributed by atoms with Gasteiger partial charge >= 0.3 is 0 Å². The topological polar surface area (TPSA) is 52.7 Å². The first-order valence-electron chi connectivity index (χ1n) is 5.16. The van der Waals surface area contributed by atoms with E-state index in [1.165, 1.54) is 4.68 Å². The lowest BCUT2D eigenvalue weighted by Crippen LogP contribution is -2.20. The van der Waals surface area contributed by atoms with Gasteiger partial charge in [0.15, 0.2) is 5.82 Å². The highest BCUT2D eigenvalue weighted by atomic mass is 16.1. The molecule has 0 saturated carbocycles. The standard InChI is InChI=1S/C11H14N4O/c1-8(2)9-6-11(16)15(14(9)3)10-7-12-4-5-13-10/h4-8H,1-3H3. The Morgan fingerprint density at radius 2 is 2.06 bits per heavy atom. The smallest absolute Gasteiger partial charge is 0.273 e. The number of hydrogen-bond acceptors (Lipinski definition) is 3. The molecule has 84 valence electrons. The summed E-state index contributed by atoms with van der Waals surface area (Å²) in [4.78, 5) is 19.9. The maximum atomic E-state index is 11.8. The second-order valence-electron chi connectivity index (χ2n) is 3.96. The predicted molar refractivity (Wildman–Crippen MR) is 60.7 cm³/mol. The van der Waals surface area contributed by atoms with Crippen molar-refractivity contribution in [1.29, 1.82) is 0 Å². The Balaban J connectivity index is 2.63. The fraction of sp³-hybridized carbons (Fsp3) is 0.364. The molecule has 0 aliphatic carbocycles. The first kappa shape index (κ1) is 10.6. The molecule has 0 fully saturated rings. The molecule has 0 aromatic carbocycles. The van der Waals surface area contributed by atoms with E-state index in [9.17, 15) is 4.79 Å². The third-order valence-electron chi connectivity index (χ3n) is 2.51. The molecule has 5 heteroatoms. The van der Waals surface area contributed by atoms with E-state index in [-0.39, 0.29) is 5.56 Å². The maximum absolute atomic E-state index is 11.8. The van der Waals surface area contributed by atoms with Crippen molar-refractivity contribution in [2.24, 2.45) is 7.05 Å². The van der Waals surface area contributed by atoms with Gasteiger partial charge in [-0.3, -0.25) is 14.5 Å². The van der Waals surface area contributed by atoms with Crippen LogP contribution in [0.3, 0.4) is 0 Å². The Morgan fingerprint density at radius 3 is 2.56 bits per heavy atom. The minimum atomic E-state index is -0.0771. The van der Waals surface area contributed by atoms with Crippen LogP contribution in [0.25, 0.3) is 5.82 Å². The number of nitrogens with zero attached hydrogens (tertiary/aromatic N) is 4. The maximum Gasteiger partial charge on any atom is 0.273 e. The minimum absolute atomic E-state index is 0.0771. The van der Waals surface area contributed by atoms with Gasteiger partial charge in [0.2, 0.25) is 0 Å². The molecular formula is C11H14N4O. The van der Waals surface area contributed by atoms with Crippen LogP contribution in [-0.4, -0.2) is 19.3 Å². The van der Waals surface area contributed by atoms with Gasteiger partial charge in [0.25, 0.3) is 5.56 Å². The molecular weight excluding hydrogens is 204 g/mol. The lowest BCUT2D eigenvalue weighted by Gasteiger charge is -2.10. The quantitative estimate of drug-likeness (QED) is 0.758. The molecule has 0 aliphatic rings. The average Bonchev–Trinajstić information content (AvgIpc) is 2.56. The summed E-state index contributed by atoms with van der Waals surface area (Å²) < 4.78 is 3.33. The van der Waals surface area contributed by atoms with E-state index in [4.69, 9.17) is 0 Å². The van der Waals surface area contributed by atoms with Crippen LogP contribution in [0.1, 0.15) is 25.5 Å². The lowest BCUT2D eigenvalue weighted by molar-refractivity contribution is 0.585. The molecule has 0 amide bonds. The minimum Gasteiger partial charge on any atom is -0.283 e. The van der Waals surface area contributed by atoms with E-state index in [0.717, 1.165) is 5.69 Å². The summed E-state index contributed by atoms with van der Waals surface area (Å²) in [7, 11) is 1.85. The Hall–Kier alpha value is -1.91. The van der Waals surface area contributed by atoms with E-state index in [1.54, 1.807) is 24.7 Å². The van der Waals surface area contributed by atoms with Gasteiger partial charge in [0.1, 0.15) is 0 Å². The van der Waals surface area contributed by atoms with Gasteiger partial charge < -0.3 is 0 Å². The summed E-state index contributed by atoms with van der Waals surface area (Å²) in [6.07, 6.45) is 4.73. The van der Waals surface area contributed by atoms with E-state index >= 15 is 0 Å². The van der Waals surface area contributed by atoms with Gasteiger partial charge in [-0.2, -0.15) is 4.68 Å². The summed E-state index contributed by atoms with van der Waals surface area (Å²) in [5, 5.41) is 0. The molecule has 2 aromatic rings. The van der Waals surface area contributed by atoms with Crippen LogP contribution in [0.2, 0.25) is 0 Å². The Kier molecular flexibility index (Phi) is 2.60. The van der Waals surface area contributed by atoms with Crippen molar-refractivity contribution in [1.82, 2.24) is 19.3 Å². The van der Waals surface area contributed by atoms with Crippen LogP contribution in [0.15, 0.2) is 29.5 Å². The van der Waals surface area contributed by atoms with Crippen LogP contribution in [0.4, 0.5) is 0 Å². The molecule has 5 nitrogen and oxygen atoms in total. The van der Waals surface area contributed by atoms with Crippen LogP contribution in [-0.2, 0) is 7.05 Å². The van der Waals surface area contributed by atoms with Gasteiger partial charge in [0, 0.05) is 31.2 Å². The fourth-order valence-corrected chi connectivity index (χ4v) is 1.75. The number of aromatic nitrogens is 4. The van der Waals surface area contributed by atoms with Crippen molar-refractivity contribution in [2.75, 3.05) is 0 Å². The van der Waals surface area contributed by atoms with Crippen LogP contribution in [0, 0.1) is 0 Å². The third kappa shape index (κ3) is 1.64. The molecule has 2 rings (SSSR count). The van der Waals surface area contributed by atoms with E-state index in [1.807, 2.05) is 11.7 Å². The van der Waals surface area contributed by atoms with Crippen LogP contribution in [0.5, 0.6) is 0 Å². The van der Waals surface area contributed by atoms with Gasteiger partial charge in [-0.1, -0.05) is 13.8 Å². The van der Waals surface area contributed by atoms with Gasteiger partial charge in [-0.05, 0) is 5.92 Å². The monoisotopic (exact) mass is 218 g/mol. The first-order chi connectivity index (χ1) is 7.61. The zero-order chi connectivity index (χ0) is 11.7. The summed E-state index contributed by atoms with van der Waals surface area (Å²) in [6, 6.07) is 1.64. The number of rotatable bonds is 2. The fourth-order valence-electron chi connectivity index (χ4n) is 1.75. The van der Waals surface area contributed by atoms with Crippen molar-refractivity contribution in [3.63, 3.8) is 0 Å². The normalized spacial score (nSPS) is 11.0. The highest BCUT2D eigenvalue weighted by molar-refractivity contribution is 5.19. The SMILES string of the molecule is CC(C)c1cc(=O)n(-c2cnccn2)n1C. The molecule has 0 bridgehead atoms. The van der Waals surface area contributed by atoms with Crippen LogP contribution >= 0.6 is 0 Å². The second-order valence-corrected chi connectivity index (χ2v) is 3.96. The molecule has 16 heavy (non-hydrogen) atoms. The average molecular weight is 218 g/mol. The second kappa shape index (κ2) is 3.92. The van der Waals surface area contributed by atoms with E-state index < -0.39 is 0 Å². The van der Waals surface area contributed by atoms with Crippen molar-refractivity contribution < 1.29 is 0 Å². The zero-order valence-electron chi connectivity index (χ0n) is 9.58. The van der Waals surface area contributed by atoms with Crippen LogP contribution < -0.4 is 5.56 Å². The third-order valence-corrected chi connectivity index (χ3v) is 2.51. The van der Waals surface area contributed by atoms with Crippen molar-refractivity contribution in [3.05, 3.63) is 40.7 Å². The molecule has 2 heterocycles. The molecule has 0 spiro atoms. The molecule has 0 atom stereocenters. The molecule has 0 aliphatic heterocycles. The Bertz CT molecular complexity index is 539. The summed E-state index contributed by atoms with van der Waals surface area (Å²) in [6.45, 7) is 4.10. The first-order valence-corrected chi connectivity index (χ1v) is 5.16. The molecule has 0 unspecified atom stereocenters. The van der Waals surface area contributed by atoms with Gasteiger partial charge in [-0.15, -0.1) is 0 Å². The zero-order valence-corrected chi connectivity index (χ0v) is 9.58. The van der Waals surface area contributed by atoms with E-state index in [2.05, 4.69) is 23.8 Å². The summed E-state index contributed by atoms with van der Waals surface area (Å²) >= 11 is 0.